The Labute approximate surface area is 252 Å². The molecule has 0 saturated carbocycles. The summed E-state index contributed by atoms with van der Waals surface area (Å²) in [6.07, 6.45) is 0. The number of rotatable bonds is 2. The first-order chi connectivity index (χ1) is 4.21. The average molecular weight is 342 g/mol. The van der Waals surface area contributed by atoms with Crippen LogP contribution in [0.5, 0.6) is 0 Å². The van der Waals surface area contributed by atoms with Crippen LogP contribution in [0.1, 0.15) is 0 Å². The van der Waals surface area contributed by atoms with Crippen molar-refractivity contribution in [1.82, 2.24) is 0 Å². The van der Waals surface area contributed by atoms with Gasteiger partial charge in [0.05, 0.1) is 0 Å². The molecule has 0 atom stereocenters. The molecule has 0 bridgehead atoms. The van der Waals surface area contributed by atoms with Crippen molar-refractivity contribution in [3.8, 4) is 0 Å². The Kier molecular flexibility index (Phi) is 37.6. The summed E-state index contributed by atoms with van der Waals surface area (Å²) in [6.45, 7) is 0. The first-order valence-corrected chi connectivity index (χ1v) is 4.69. The second-order valence-electron chi connectivity index (χ2n) is 1.12. The summed E-state index contributed by atoms with van der Waals surface area (Å²) >= 11 is 0. The zero-order valence-electron chi connectivity index (χ0n) is 8.24. The van der Waals surface area contributed by atoms with Crippen LogP contribution in [0, 0.1) is 0 Å². The Morgan fingerprint density at radius 2 is 0.643 bits per heavy atom. The van der Waals surface area contributed by atoms with Gasteiger partial charge in [-0.3, -0.25) is 0 Å². The van der Waals surface area contributed by atoms with Gasteiger partial charge in [-0.2, -0.15) is 0 Å². The molecule has 0 saturated heterocycles. The van der Waals surface area contributed by atoms with E-state index in [9.17, 15) is 29.4 Å². The third kappa shape index (κ3) is 31.3. The fraction of sp³-hybridized carbons (Fsp3) is 0. The van der Waals surface area contributed by atoms with Gasteiger partial charge in [0, 0.05) is 16.2 Å². The molecule has 14 heteroatoms. The van der Waals surface area contributed by atoms with Crippen molar-refractivity contribution in [3.05, 3.63) is 0 Å². The minimum Gasteiger partial charge on any atom is -0.666 e. The van der Waals surface area contributed by atoms with Crippen molar-refractivity contribution in [2.75, 3.05) is 0 Å². The molecule has 0 aliphatic rings. The largest absolute Gasteiger partial charge is 1.00 e. The zero-order valence-corrected chi connectivity index (χ0v) is 22.5. The summed E-state index contributed by atoms with van der Waals surface area (Å²) in [5, 5.41) is 0. The van der Waals surface area contributed by atoms with E-state index in [-0.39, 0.29) is 206 Å². The van der Waals surface area contributed by atoms with Crippen LogP contribution in [-0.4, -0.2) is 0 Å². The van der Waals surface area contributed by atoms with E-state index in [4.69, 9.17) is 0 Å². The summed E-state index contributed by atoms with van der Waals surface area (Å²) in [5.74, 6) is 0. The molecule has 0 N–H and O–H groups in total. The monoisotopic (exact) mass is 342 g/mol. The van der Waals surface area contributed by atoms with Gasteiger partial charge in [0.2, 0.25) is 0 Å². The van der Waals surface area contributed by atoms with Crippen LogP contribution in [0.4, 0.5) is 0 Å². The van der Waals surface area contributed by atoms with E-state index in [0.29, 0.717) is 0 Å². The maximum absolute atomic E-state index is 9.49. The molecule has 0 aliphatic carbocycles. The minimum absolute atomic E-state index is 0. The molecule has 0 rings (SSSR count). The minimum atomic E-state index is -5.38. The summed E-state index contributed by atoms with van der Waals surface area (Å²) < 4.78 is 0. The SMILES string of the molecule is [K+].[K+].[K+].[K+].[O-][P+]([O-])([O-])N=N[P+]([O-])([O-])[O-]. The van der Waals surface area contributed by atoms with Crippen LogP contribution in [0.25, 0.3) is 0 Å². The summed E-state index contributed by atoms with van der Waals surface area (Å²) in [7, 11) is -10.8. The molecule has 0 aliphatic heterocycles. The average Bonchev–Trinajstić information content (AvgIpc) is 1.57. The van der Waals surface area contributed by atoms with Crippen LogP contribution in [-0.2, 0) is 0 Å². The van der Waals surface area contributed by atoms with Gasteiger partial charge in [-0.1, -0.05) is 0 Å². The van der Waals surface area contributed by atoms with Gasteiger partial charge in [0.15, 0.2) is 0 Å². The summed E-state index contributed by atoms with van der Waals surface area (Å²) in [4.78, 5) is 60.4. The maximum Gasteiger partial charge on any atom is 1.00 e. The molecule has 0 spiro atoms. The van der Waals surface area contributed by atoms with Gasteiger partial charge in [0.1, 0.15) is 0 Å². The molecule has 0 aromatic rings. The molecular formula is K4N2O6P2. The van der Waals surface area contributed by atoms with E-state index in [1.54, 1.807) is 9.77 Å². The predicted octanol–water partition coefficient (Wildman–Crippen LogP) is -17.0. The van der Waals surface area contributed by atoms with Crippen molar-refractivity contribution in [2.24, 2.45) is 9.77 Å². The number of hydrogen-bond donors (Lipinski definition) is 0. The fourth-order valence-electron chi connectivity index (χ4n) is 0.0980. The van der Waals surface area contributed by atoms with E-state index >= 15 is 0 Å². The van der Waals surface area contributed by atoms with Crippen molar-refractivity contribution in [1.29, 1.82) is 0 Å². The Morgan fingerprint density at radius 1 is 0.500 bits per heavy atom. The Morgan fingerprint density at radius 3 is 0.714 bits per heavy atom. The smallest absolute Gasteiger partial charge is 0.666 e. The standard InChI is InChI=1S/4K.H4N2O6P2/c;;;;3-9(4,5)1-2-10(6,7)8/h;;;;(H2,3,4,5)(H2,6,7,8)/q4*+1;/p-4. The normalized spacial score (nSPS) is 10.4. The number of nitrogens with zero attached hydrogens (tertiary/aromatic N) is 2. The summed E-state index contributed by atoms with van der Waals surface area (Å²) in [6, 6.07) is 0. The first kappa shape index (κ1) is 32.6. The molecule has 0 heterocycles. The third-order valence-corrected chi connectivity index (χ3v) is 1.02. The quantitative estimate of drug-likeness (QED) is 0.275. The summed E-state index contributed by atoms with van der Waals surface area (Å²) in [5.41, 5.74) is 0. The molecule has 0 aromatic heterocycles. The molecule has 0 unspecified atom stereocenters. The third-order valence-electron chi connectivity index (χ3n) is 0.259. The molecule has 0 amide bonds. The van der Waals surface area contributed by atoms with Crippen molar-refractivity contribution in [2.45, 2.75) is 0 Å². The topological polar surface area (TPSA) is 163 Å². The van der Waals surface area contributed by atoms with Gasteiger partial charge >= 0.3 is 206 Å². The van der Waals surface area contributed by atoms with Crippen LogP contribution >= 0.6 is 16.2 Å². The second kappa shape index (κ2) is 16.1. The Balaban J connectivity index is -0.0000000675. The zero-order chi connectivity index (χ0) is 8.41. The van der Waals surface area contributed by atoms with Crippen LogP contribution in [0.2, 0.25) is 0 Å². The molecule has 14 heavy (non-hydrogen) atoms. The molecule has 0 aromatic carbocycles. The Bertz CT molecular complexity index is 126. The van der Waals surface area contributed by atoms with E-state index in [0.717, 1.165) is 0 Å². The molecular weight excluding hydrogens is 342 g/mol. The van der Waals surface area contributed by atoms with E-state index in [1.165, 1.54) is 0 Å². The first-order valence-electron chi connectivity index (χ1n) is 1.70. The van der Waals surface area contributed by atoms with Gasteiger partial charge in [-0.15, -0.1) is 0 Å². The molecule has 0 fully saturated rings. The maximum atomic E-state index is 9.49. The van der Waals surface area contributed by atoms with E-state index < -0.39 is 16.2 Å². The Hall–Kier alpha value is 6.77. The molecule has 0 radical (unpaired) electrons. The van der Waals surface area contributed by atoms with Gasteiger partial charge < -0.3 is 29.4 Å². The van der Waals surface area contributed by atoms with Crippen LogP contribution < -0.4 is 235 Å². The van der Waals surface area contributed by atoms with Gasteiger partial charge in [0.25, 0.3) is 0 Å². The second-order valence-corrected chi connectivity index (χ2v) is 3.35. The van der Waals surface area contributed by atoms with Crippen LogP contribution in [0.3, 0.4) is 0 Å². The number of hydrogen-bond acceptors (Lipinski definition) is 8. The van der Waals surface area contributed by atoms with Crippen molar-refractivity contribution in [3.63, 3.8) is 0 Å². The predicted molar refractivity (Wildman–Crippen MR) is 18.7 cm³/mol. The van der Waals surface area contributed by atoms with Gasteiger partial charge in [-0.05, 0) is 9.77 Å². The molecule has 60 valence electrons. The molecule has 8 nitrogen and oxygen atoms in total. The van der Waals surface area contributed by atoms with Crippen molar-refractivity contribution >= 4 is 16.2 Å². The fourth-order valence-corrected chi connectivity index (χ4v) is 0.882. The van der Waals surface area contributed by atoms with Crippen LogP contribution in [0.15, 0.2) is 9.77 Å². The van der Waals surface area contributed by atoms with Gasteiger partial charge in [-0.25, -0.2) is 0 Å². The van der Waals surface area contributed by atoms with E-state index in [2.05, 4.69) is 0 Å². The van der Waals surface area contributed by atoms with E-state index in [1.807, 2.05) is 0 Å². The van der Waals surface area contributed by atoms with Crippen molar-refractivity contribution < 1.29 is 235 Å².